The number of nitro benzene ring substituents is 1. The summed E-state index contributed by atoms with van der Waals surface area (Å²) >= 11 is 0. The zero-order chi connectivity index (χ0) is 14.5. The Morgan fingerprint density at radius 3 is 2.80 bits per heavy atom. The molecule has 6 heteroatoms. The molecule has 2 atom stereocenters. The minimum Gasteiger partial charge on any atom is -0.375 e. The Kier molecular flexibility index (Phi) is 4.53. The van der Waals surface area contributed by atoms with Crippen LogP contribution in [-0.2, 0) is 0 Å². The smallest absolute Gasteiger partial charge is 0.309 e. The number of nitrogens with two attached hydrogens (primary N) is 1. The molecule has 1 aromatic rings. The van der Waals surface area contributed by atoms with Crippen molar-refractivity contribution >= 4 is 11.4 Å². The van der Waals surface area contributed by atoms with E-state index in [-0.39, 0.29) is 23.3 Å². The van der Waals surface area contributed by atoms with Gasteiger partial charge >= 0.3 is 5.69 Å². The Hall–Kier alpha value is -2.13. The van der Waals surface area contributed by atoms with Gasteiger partial charge in [0, 0.05) is 12.1 Å². The fourth-order valence-corrected chi connectivity index (χ4v) is 2.66. The maximum Gasteiger partial charge on any atom is 0.309 e. The summed E-state index contributed by atoms with van der Waals surface area (Å²) in [4.78, 5) is 10.7. The first-order valence-electron chi connectivity index (χ1n) is 6.83. The number of nitro groups is 1. The molecule has 0 saturated heterocycles. The van der Waals surface area contributed by atoms with Gasteiger partial charge in [-0.15, -0.1) is 0 Å². The fraction of sp³-hybridized carbons (Fsp3) is 0.500. The second-order valence-electron chi connectivity index (χ2n) is 5.12. The molecule has 0 heterocycles. The molecule has 20 heavy (non-hydrogen) atoms. The Bertz CT molecular complexity index is 538. The minimum absolute atomic E-state index is 0.0113. The third kappa shape index (κ3) is 3.06. The Balaban J connectivity index is 2.28. The Labute approximate surface area is 117 Å². The highest BCUT2D eigenvalue weighted by Gasteiger charge is 2.25. The van der Waals surface area contributed by atoms with Crippen molar-refractivity contribution in [1.29, 1.82) is 5.26 Å². The highest BCUT2D eigenvalue weighted by atomic mass is 16.6. The third-order valence-corrected chi connectivity index (χ3v) is 3.75. The van der Waals surface area contributed by atoms with Gasteiger partial charge in [0.25, 0.3) is 0 Å². The second-order valence-corrected chi connectivity index (χ2v) is 5.12. The quantitative estimate of drug-likeness (QED) is 0.500. The van der Waals surface area contributed by atoms with E-state index in [1.54, 1.807) is 12.1 Å². The van der Waals surface area contributed by atoms with Crippen LogP contribution in [0.5, 0.6) is 0 Å². The van der Waals surface area contributed by atoms with Crippen molar-refractivity contribution in [2.24, 2.45) is 5.73 Å². The van der Waals surface area contributed by atoms with E-state index in [1.165, 1.54) is 6.07 Å². The molecule has 0 bridgehead atoms. The van der Waals surface area contributed by atoms with E-state index in [1.807, 2.05) is 6.07 Å². The zero-order valence-electron chi connectivity index (χ0n) is 11.2. The standard InChI is InChI=1S/C14H18N4O2/c15-9-10-5-4-8-13(14(10)18(19)20)17-12-7-3-1-2-6-11(12)16/h4-5,8,11-12,17H,1-3,6-7,16H2. The van der Waals surface area contributed by atoms with Gasteiger partial charge in [0.05, 0.1) is 4.92 Å². The first kappa shape index (κ1) is 14.3. The van der Waals surface area contributed by atoms with Crippen molar-refractivity contribution in [3.8, 4) is 6.07 Å². The molecule has 0 aliphatic heterocycles. The lowest BCUT2D eigenvalue weighted by atomic mass is 10.0. The molecule has 0 spiro atoms. The van der Waals surface area contributed by atoms with Crippen LogP contribution >= 0.6 is 0 Å². The molecular formula is C14H18N4O2. The largest absolute Gasteiger partial charge is 0.375 e. The van der Waals surface area contributed by atoms with Crippen molar-refractivity contribution in [2.75, 3.05) is 5.32 Å². The van der Waals surface area contributed by atoms with E-state index in [2.05, 4.69) is 5.32 Å². The van der Waals surface area contributed by atoms with Crippen LogP contribution in [0.3, 0.4) is 0 Å². The molecule has 2 unspecified atom stereocenters. The van der Waals surface area contributed by atoms with Crippen LogP contribution in [0.15, 0.2) is 18.2 Å². The van der Waals surface area contributed by atoms with Crippen LogP contribution in [0.2, 0.25) is 0 Å². The predicted octanol–water partition coefficient (Wildman–Crippen LogP) is 2.54. The average molecular weight is 274 g/mol. The molecule has 0 amide bonds. The van der Waals surface area contributed by atoms with Gasteiger partial charge in [0.15, 0.2) is 0 Å². The molecule has 3 N–H and O–H groups in total. The topological polar surface area (TPSA) is 105 Å². The highest BCUT2D eigenvalue weighted by molar-refractivity contribution is 5.68. The van der Waals surface area contributed by atoms with Crippen molar-refractivity contribution in [2.45, 2.75) is 44.2 Å². The molecule has 106 valence electrons. The van der Waals surface area contributed by atoms with Crippen LogP contribution in [0.25, 0.3) is 0 Å². The van der Waals surface area contributed by atoms with Crippen LogP contribution in [-0.4, -0.2) is 17.0 Å². The normalized spacial score (nSPS) is 22.6. The maximum atomic E-state index is 11.2. The van der Waals surface area contributed by atoms with Crippen LogP contribution < -0.4 is 11.1 Å². The first-order valence-corrected chi connectivity index (χ1v) is 6.83. The second kappa shape index (κ2) is 6.35. The Morgan fingerprint density at radius 2 is 2.10 bits per heavy atom. The number of nitrogens with zero attached hydrogens (tertiary/aromatic N) is 2. The van der Waals surface area contributed by atoms with E-state index in [0.717, 1.165) is 32.1 Å². The molecule has 6 nitrogen and oxygen atoms in total. The Morgan fingerprint density at radius 1 is 1.35 bits per heavy atom. The fourth-order valence-electron chi connectivity index (χ4n) is 2.66. The van der Waals surface area contributed by atoms with E-state index >= 15 is 0 Å². The van der Waals surface area contributed by atoms with Gasteiger partial charge in [0.2, 0.25) is 0 Å². The van der Waals surface area contributed by atoms with Gasteiger partial charge in [-0.25, -0.2) is 0 Å². The lowest BCUT2D eigenvalue weighted by Crippen LogP contribution is -2.39. The van der Waals surface area contributed by atoms with Crippen molar-refractivity contribution < 1.29 is 4.92 Å². The minimum atomic E-state index is -0.511. The number of anilines is 1. The summed E-state index contributed by atoms with van der Waals surface area (Å²) in [6, 6.07) is 6.61. The van der Waals surface area contributed by atoms with Gasteiger partial charge in [-0.3, -0.25) is 10.1 Å². The van der Waals surface area contributed by atoms with E-state index in [0.29, 0.717) is 5.69 Å². The predicted molar refractivity (Wildman–Crippen MR) is 76.3 cm³/mol. The summed E-state index contributed by atoms with van der Waals surface area (Å²) in [5.74, 6) is 0. The molecule has 1 aliphatic carbocycles. The zero-order valence-corrected chi connectivity index (χ0v) is 11.2. The summed E-state index contributed by atoms with van der Waals surface area (Å²) in [5.41, 5.74) is 6.42. The summed E-state index contributed by atoms with van der Waals surface area (Å²) in [6.45, 7) is 0. The molecule has 1 fully saturated rings. The number of hydrogen-bond donors (Lipinski definition) is 2. The van der Waals surface area contributed by atoms with Gasteiger partial charge < -0.3 is 11.1 Å². The van der Waals surface area contributed by atoms with Gasteiger partial charge in [0.1, 0.15) is 17.3 Å². The number of hydrogen-bond acceptors (Lipinski definition) is 5. The van der Waals surface area contributed by atoms with Crippen molar-refractivity contribution in [3.05, 3.63) is 33.9 Å². The van der Waals surface area contributed by atoms with Crippen molar-refractivity contribution in [3.63, 3.8) is 0 Å². The van der Waals surface area contributed by atoms with Gasteiger partial charge in [-0.1, -0.05) is 25.3 Å². The molecule has 0 aromatic heterocycles. The molecule has 2 rings (SSSR count). The van der Waals surface area contributed by atoms with Crippen LogP contribution in [0, 0.1) is 21.4 Å². The molecular weight excluding hydrogens is 256 g/mol. The number of para-hydroxylation sites is 1. The molecule has 1 saturated carbocycles. The maximum absolute atomic E-state index is 11.2. The SMILES string of the molecule is N#Cc1cccc(NC2CCCCCC2N)c1[N+](=O)[O-]. The molecule has 0 radical (unpaired) electrons. The van der Waals surface area contributed by atoms with E-state index < -0.39 is 4.92 Å². The van der Waals surface area contributed by atoms with Gasteiger partial charge in [-0.05, 0) is 25.0 Å². The number of nitrogens with one attached hydrogen (secondary N) is 1. The number of benzene rings is 1. The van der Waals surface area contributed by atoms with E-state index in [4.69, 9.17) is 11.0 Å². The molecule has 1 aromatic carbocycles. The lowest BCUT2D eigenvalue weighted by Gasteiger charge is -2.23. The summed E-state index contributed by atoms with van der Waals surface area (Å²) < 4.78 is 0. The molecule has 1 aliphatic rings. The van der Waals surface area contributed by atoms with Gasteiger partial charge in [-0.2, -0.15) is 5.26 Å². The first-order chi connectivity index (χ1) is 9.63. The lowest BCUT2D eigenvalue weighted by molar-refractivity contribution is -0.384. The number of nitriles is 1. The highest BCUT2D eigenvalue weighted by Crippen LogP contribution is 2.30. The third-order valence-electron chi connectivity index (χ3n) is 3.75. The van der Waals surface area contributed by atoms with Crippen molar-refractivity contribution in [1.82, 2.24) is 0 Å². The van der Waals surface area contributed by atoms with Crippen LogP contribution in [0.1, 0.15) is 37.7 Å². The summed E-state index contributed by atoms with van der Waals surface area (Å²) in [6.07, 6.45) is 5.13. The summed E-state index contributed by atoms with van der Waals surface area (Å²) in [5, 5.41) is 23.3. The number of rotatable bonds is 3. The monoisotopic (exact) mass is 274 g/mol. The van der Waals surface area contributed by atoms with E-state index in [9.17, 15) is 10.1 Å². The van der Waals surface area contributed by atoms with Crippen LogP contribution in [0.4, 0.5) is 11.4 Å². The average Bonchev–Trinajstić information content (AvgIpc) is 2.63. The summed E-state index contributed by atoms with van der Waals surface area (Å²) in [7, 11) is 0.